The Balaban J connectivity index is 1.52. The van der Waals surface area contributed by atoms with Gasteiger partial charge < -0.3 is 5.32 Å². The Kier molecular flexibility index (Phi) is 7.02. The van der Waals surface area contributed by atoms with Gasteiger partial charge in [-0.3, -0.25) is 4.79 Å². The summed E-state index contributed by atoms with van der Waals surface area (Å²) in [5, 5.41) is 4.06. The van der Waals surface area contributed by atoms with Gasteiger partial charge in [0.25, 0.3) is 0 Å². The van der Waals surface area contributed by atoms with E-state index in [1.165, 1.54) is 30.5 Å². The third-order valence-corrected chi connectivity index (χ3v) is 6.79. The normalized spacial score (nSPS) is 11.4. The molecule has 2 aromatic carbocycles. The quantitative estimate of drug-likeness (QED) is 0.546. The molecule has 0 unspecified atom stereocenters. The van der Waals surface area contributed by atoms with Crippen molar-refractivity contribution in [3.63, 3.8) is 0 Å². The second kappa shape index (κ2) is 9.49. The highest BCUT2D eigenvalue weighted by Gasteiger charge is 2.11. The Morgan fingerprint density at radius 3 is 2.59 bits per heavy atom. The van der Waals surface area contributed by atoms with E-state index in [1.807, 2.05) is 24.3 Å². The van der Waals surface area contributed by atoms with Gasteiger partial charge >= 0.3 is 0 Å². The maximum absolute atomic E-state index is 12.2. The van der Waals surface area contributed by atoms with Crippen LogP contribution in [0.3, 0.4) is 0 Å². The minimum absolute atomic E-state index is 0.138. The van der Waals surface area contributed by atoms with Crippen LogP contribution in [0.15, 0.2) is 59.6 Å². The Morgan fingerprint density at radius 1 is 1.14 bits per heavy atom. The molecule has 1 heterocycles. The molecule has 1 amide bonds. The lowest BCUT2D eigenvalue weighted by molar-refractivity contribution is -0.116. The number of thiazole rings is 1. The first-order chi connectivity index (χ1) is 13.9. The number of carbonyl (C=O) groups is 1. The minimum Gasteiger partial charge on any atom is -0.302 e. The number of amides is 1. The molecule has 0 aliphatic rings. The van der Waals surface area contributed by atoms with Crippen molar-refractivity contribution in [2.45, 2.75) is 24.2 Å². The minimum atomic E-state index is -3.45. The van der Waals surface area contributed by atoms with Gasteiger partial charge in [0, 0.05) is 28.9 Å². The molecule has 0 fully saturated rings. The van der Waals surface area contributed by atoms with Gasteiger partial charge in [-0.15, -0.1) is 11.3 Å². The fraction of sp³-hybridized carbons (Fsp3) is 0.200. The van der Waals surface area contributed by atoms with Gasteiger partial charge in [-0.25, -0.2) is 18.1 Å². The lowest BCUT2D eigenvalue weighted by Crippen LogP contribution is -2.18. The van der Waals surface area contributed by atoms with Crippen LogP contribution in [0.2, 0.25) is 5.02 Å². The molecule has 3 aromatic rings. The molecular weight excluding hydrogens is 430 g/mol. The number of halogens is 1. The number of hydrogen-bond acceptors (Lipinski definition) is 5. The van der Waals surface area contributed by atoms with Gasteiger partial charge in [0.05, 0.1) is 4.90 Å². The van der Waals surface area contributed by atoms with Crippen molar-refractivity contribution in [1.29, 1.82) is 0 Å². The number of rotatable bonds is 8. The largest absolute Gasteiger partial charge is 0.302 e. The molecule has 3 rings (SSSR count). The molecule has 0 saturated carbocycles. The second-order valence-electron chi connectivity index (χ2n) is 6.34. The molecule has 29 heavy (non-hydrogen) atoms. The van der Waals surface area contributed by atoms with E-state index in [4.69, 9.17) is 11.6 Å². The molecule has 152 valence electrons. The molecule has 0 spiro atoms. The van der Waals surface area contributed by atoms with Crippen molar-refractivity contribution in [1.82, 2.24) is 9.71 Å². The number of aryl methyl sites for hydroxylation is 1. The number of sulfonamides is 1. The fourth-order valence-corrected chi connectivity index (χ4v) is 4.49. The van der Waals surface area contributed by atoms with Gasteiger partial charge in [-0.1, -0.05) is 35.9 Å². The first-order valence-electron chi connectivity index (χ1n) is 8.87. The van der Waals surface area contributed by atoms with Crippen molar-refractivity contribution >= 4 is 44.0 Å². The highest BCUT2D eigenvalue weighted by atomic mass is 35.5. The number of carbonyl (C=O) groups excluding carboxylic acids is 1. The molecule has 0 atom stereocenters. The Hall–Kier alpha value is -2.26. The average Bonchev–Trinajstić information content (AvgIpc) is 3.13. The summed E-state index contributed by atoms with van der Waals surface area (Å²) in [4.78, 5) is 17.7. The molecule has 0 bridgehead atoms. The summed E-state index contributed by atoms with van der Waals surface area (Å²) in [5.74, 6) is -0.138. The topological polar surface area (TPSA) is 88.2 Å². The third kappa shape index (κ3) is 6.11. The highest BCUT2D eigenvalue weighted by Crippen LogP contribution is 2.22. The van der Waals surface area contributed by atoms with Gasteiger partial charge in [-0.05, 0) is 48.9 Å². The summed E-state index contributed by atoms with van der Waals surface area (Å²) in [5.41, 5.74) is 1.97. The van der Waals surface area contributed by atoms with E-state index in [-0.39, 0.29) is 17.2 Å². The molecule has 9 heteroatoms. The Bertz CT molecular complexity index is 1100. The molecule has 0 aliphatic heterocycles. The van der Waals surface area contributed by atoms with E-state index in [0.717, 1.165) is 16.0 Å². The number of nitrogens with zero attached hydrogens (tertiary/aromatic N) is 1. The smallest absolute Gasteiger partial charge is 0.240 e. The molecule has 6 nitrogen and oxygen atoms in total. The summed E-state index contributed by atoms with van der Waals surface area (Å²) in [6.45, 7) is 0. The monoisotopic (exact) mass is 449 g/mol. The maximum atomic E-state index is 12.2. The third-order valence-electron chi connectivity index (χ3n) is 4.21. The first-order valence-corrected chi connectivity index (χ1v) is 11.5. The Morgan fingerprint density at radius 2 is 1.90 bits per heavy atom. The van der Waals surface area contributed by atoms with E-state index in [9.17, 15) is 13.2 Å². The molecule has 1 aromatic heterocycles. The van der Waals surface area contributed by atoms with Crippen LogP contribution in [0, 0.1) is 0 Å². The molecule has 0 saturated heterocycles. The first kappa shape index (κ1) is 21.4. The summed E-state index contributed by atoms with van der Waals surface area (Å²) < 4.78 is 25.7. The standard InChI is InChI=1S/C20H20ClN3O3S2/c1-22-29(26,27)18-8-5-14(6-9-18)7-10-19(25)24-20-23-13-17(28-20)12-15-3-2-4-16(21)11-15/h2-6,8-9,11,13,22H,7,10,12H2,1H3,(H,23,24,25). The van der Waals surface area contributed by atoms with Crippen LogP contribution in [-0.2, 0) is 27.7 Å². The number of anilines is 1. The van der Waals surface area contributed by atoms with Crippen molar-refractivity contribution < 1.29 is 13.2 Å². The van der Waals surface area contributed by atoms with Gasteiger partial charge in [0.15, 0.2) is 5.13 Å². The number of nitrogens with one attached hydrogen (secondary N) is 2. The Labute approximate surface area is 179 Å². The van der Waals surface area contributed by atoms with Crippen LogP contribution in [0.4, 0.5) is 5.13 Å². The van der Waals surface area contributed by atoms with Crippen LogP contribution < -0.4 is 10.0 Å². The van der Waals surface area contributed by atoms with E-state index in [1.54, 1.807) is 18.3 Å². The maximum Gasteiger partial charge on any atom is 0.240 e. The van der Waals surface area contributed by atoms with E-state index in [0.29, 0.717) is 23.0 Å². The summed E-state index contributed by atoms with van der Waals surface area (Å²) in [6, 6.07) is 14.1. The molecule has 0 radical (unpaired) electrons. The fourth-order valence-electron chi connectivity index (χ4n) is 2.69. The lowest BCUT2D eigenvalue weighted by Gasteiger charge is -2.05. The number of benzene rings is 2. The van der Waals surface area contributed by atoms with Crippen molar-refractivity contribution in [3.05, 3.63) is 75.8 Å². The highest BCUT2D eigenvalue weighted by molar-refractivity contribution is 7.89. The van der Waals surface area contributed by atoms with Crippen LogP contribution in [0.5, 0.6) is 0 Å². The van der Waals surface area contributed by atoms with E-state index in [2.05, 4.69) is 15.0 Å². The van der Waals surface area contributed by atoms with Crippen molar-refractivity contribution in [2.75, 3.05) is 12.4 Å². The number of hydrogen-bond donors (Lipinski definition) is 2. The van der Waals surface area contributed by atoms with Gasteiger partial charge in [-0.2, -0.15) is 0 Å². The zero-order valence-corrected chi connectivity index (χ0v) is 18.1. The van der Waals surface area contributed by atoms with Crippen molar-refractivity contribution in [2.24, 2.45) is 0 Å². The van der Waals surface area contributed by atoms with Crippen LogP contribution in [0.25, 0.3) is 0 Å². The van der Waals surface area contributed by atoms with Crippen LogP contribution >= 0.6 is 22.9 Å². The summed E-state index contributed by atoms with van der Waals surface area (Å²) >= 11 is 7.44. The summed E-state index contributed by atoms with van der Waals surface area (Å²) in [7, 11) is -2.09. The van der Waals surface area contributed by atoms with Crippen molar-refractivity contribution in [3.8, 4) is 0 Å². The van der Waals surface area contributed by atoms with Crippen LogP contribution in [0.1, 0.15) is 22.4 Å². The predicted octanol–water partition coefficient (Wildman–Crippen LogP) is 3.87. The molecular formula is C20H20ClN3O3S2. The number of aromatic nitrogens is 1. The predicted molar refractivity (Wildman–Crippen MR) is 116 cm³/mol. The zero-order valence-electron chi connectivity index (χ0n) is 15.7. The lowest BCUT2D eigenvalue weighted by atomic mass is 10.1. The SMILES string of the molecule is CNS(=O)(=O)c1ccc(CCC(=O)Nc2ncc(Cc3cccc(Cl)c3)s2)cc1. The average molecular weight is 450 g/mol. The van der Waals surface area contributed by atoms with E-state index >= 15 is 0 Å². The van der Waals surface area contributed by atoms with E-state index < -0.39 is 10.0 Å². The zero-order chi connectivity index (χ0) is 20.9. The van der Waals surface area contributed by atoms with Gasteiger partial charge in [0.2, 0.25) is 15.9 Å². The summed E-state index contributed by atoms with van der Waals surface area (Å²) in [6.07, 6.45) is 3.24. The van der Waals surface area contributed by atoms with Crippen LogP contribution in [-0.4, -0.2) is 26.4 Å². The second-order valence-corrected chi connectivity index (χ2v) is 9.78. The molecule has 0 aliphatic carbocycles. The van der Waals surface area contributed by atoms with Gasteiger partial charge in [0.1, 0.15) is 0 Å². The molecule has 2 N–H and O–H groups in total.